The third-order valence-electron chi connectivity index (χ3n) is 5.97. The van der Waals surface area contributed by atoms with E-state index in [2.05, 4.69) is 22.3 Å². The second kappa shape index (κ2) is 8.40. The van der Waals surface area contributed by atoms with Gasteiger partial charge in [0.25, 0.3) is 0 Å². The molecule has 0 radical (unpaired) electrons. The first-order chi connectivity index (χ1) is 12.8. The summed E-state index contributed by atoms with van der Waals surface area (Å²) < 4.78 is 11.1. The van der Waals surface area contributed by atoms with Crippen LogP contribution in [-0.2, 0) is 22.5 Å². The Morgan fingerprint density at radius 2 is 2.04 bits per heavy atom. The number of nitrogens with one attached hydrogen (secondary N) is 1. The summed E-state index contributed by atoms with van der Waals surface area (Å²) in [5, 5.41) is 3.17. The maximum Gasteiger partial charge on any atom is 0.224 e. The minimum atomic E-state index is 0.118. The number of amides is 1. The largest absolute Gasteiger partial charge is 0.493 e. The van der Waals surface area contributed by atoms with E-state index in [1.54, 1.807) is 0 Å². The zero-order valence-corrected chi connectivity index (χ0v) is 15.5. The summed E-state index contributed by atoms with van der Waals surface area (Å²) >= 11 is 0. The molecule has 142 valence electrons. The van der Waals surface area contributed by atoms with Gasteiger partial charge in [0.1, 0.15) is 5.75 Å². The summed E-state index contributed by atoms with van der Waals surface area (Å²) in [6.45, 7) is 5.17. The van der Waals surface area contributed by atoms with Gasteiger partial charge in [0, 0.05) is 32.3 Å². The number of fused-ring (bicyclic) bond motifs is 1. The average Bonchev–Trinajstić information content (AvgIpc) is 2.72. The fourth-order valence-corrected chi connectivity index (χ4v) is 4.46. The highest BCUT2D eigenvalue weighted by atomic mass is 16.5. The monoisotopic (exact) mass is 358 g/mol. The van der Waals surface area contributed by atoms with E-state index in [-0.39, 0.29) is 11.8 Å². The topological polar surface area (TPSA) is 50.8 Å². The number of hydrogen-bond acceptors (Lipinski definition) is 4. The van der Waals surface area contributed by atoms with Gasteiger partial charge in [-0.15, -0.1) is 0 Å². The number of rotatable bonds is 4. The van der Waals surface area contributed by atoms with Gasteiger partial charge in [-0.1, -0.05) is 12.1 Å². The summed E-state index contributed by atoms with van der Waals surface area (Å²) in [4.78, 5) is 15.2. The molecule has 0 bridgehead atoms. The van der Waals surface area contributed by atoms with Crippen molar-refractivity contribution in [2.24, 2.45) is 5.92 Å². The van der Waals surface area contributed by atoms with E-state index < -0.39 is 0 Å². The highest BCUT2D eigenvalue weighted by Crippen LogP contribution is 2.26. The number of likely N-dealkylation sites (tertiary alicyclic amines) is 1. The SMILES string of the molecule is O=C(NCc1ccc2c(c1)CCCO2)[C@H]1CCCN(C2CCOCC2)C1. The Labute approximate surface area is 156 Å². The van der Waals surface area contributed by atoms with E-state index >= 15 is 0 Å². The van der Waals surface area contributed by atoms with Crippen molar-refractivity contribution in [3.05, 3.63) is 29.3 Å². The smallest absolute Gasteiger partial charge is 0.224 e. The van der Waals surface area contributed by atoms with Gasteiger partial charge >= 0.3 is 0 Å². The lowest BCUT2D eigenvalue weighted by Gasteiger charge is -2.39. The predicted octanol–water partition coefficient (Wildman–Crippen LogP) is 2.52. The maximum absolute atomic E-state index is 12.7. The maximum atomic E-state index is 12.7. The van der Waals surface area contributed by atoms with Crippen LogP contribution in [0, 0.1) is 5.92 Å². The number of nitrogens with zero attached hydrogens (tertiary/aromatic N) is 1. The average molecular weight is 358 g/mol. The molecule has 3 aliphatic heterocycles. The molecule has 4 rings (SSSR count). The van der Waals surface area contributed by atoms with Crippen molar-refractivity contribution in [2.75, 3.05) is 32.9 Å². The number of piperidine rings is 1. The summed E-state index contributed by atoms with van der Waals surface area (Å²) in [7, 11) is 0. The quantitative estimate of drug-likeness (QED) is 0.899. The lowest BCUT2D eigenvalue weighted by molar-refractivity contribution is -0.127. The van der Waals surface area contributed by atoms with Gasteiger partial charge in [0.2, 0.25) is 5.91 Å². The molecule has 1 aromatic carbocycles. The molecule has 3 heterocycles. The van der Waals surface area contributed by atoms with E-state index in [9.17, 15) is 4.79 Å². The molecule has 26 heavy (non-hydrogen) atoms. The van der Waals surface area contributed by atoms with Crippen molar-refractivity contribution in [1.29, 1.82) is 0 Å². The van der Waals surface area contributed by atoms with Crippen LogP contribution >= 0.6 is 0 Å². The Balaban J connectivity index is 1.30. The molecule has 2 fully saturated rings. The van der Waals surface area contributed by atoms with E-state index in [4.69, 9.17) is 9.47 Å². The lowest BCUT2D eigenvalue weighted by Crippen LogP contribution is -2.48. The first-order valence-corrected chi connectivity index (χ1v) is 10.1. The van der Waals surface area contributed by atoms with Gasteiger partial charge < -0.3 is 14.8 Å². The Morgan fingerprint density at radius 3 is 2.92 bits per heavy atom. The molecule has 1 aromatic rings. The van der Waals surface area contributed by atoms with Crippen LogP contribution in [0.1, 0.15) is 43.2 Å². The van der Waals surface area contributed by atoms with Crippen molar-refractivity contribution in [2.45, 2.75) is 51.1 Å². The third-order valence-corrected chi connectivity index (χ3v) is 5.97. The van der Waals surface area contributed by atoms with Crippen molar-refractivity contribution in [3.63, 3.8) is 0 Å². The summed E-state index contributed by atoms with van der Waals surface area (Å²) in [5.74, 6) is 1.33. The molecule has 0 saturated carbocycles. The number of carbonyl (C=O) groups excluding carboxylic acids is 1. The van der Waals surface area contributed by atoms with Gasteiger partial charge in [0.15, 0.2) is 0 Å². The Morgan fingerprint density at radius 1 is 1.15 bits per heavy atom. The van der Waals surface area contributed by atoms with Crippen LogP contribution in [0.3, 0.4) is 0 Å². The lowest BCUT2D eigenvalue weighted by atomic mass is 9.94. The Kier molecular flexibility index (Phi) is 5.75. The highest BCUT2D eigenvalue weighted by Gasteiger charge is 2.30. The normalized spacial score (nSPS) is 24.5. The van der Waals surface area contributed by atoms with E-state index in [1.165, 1.54) is 11.1 Å². The van der Waals surface area contributed by atoms with Crippen LogP contribution in [0.4, 0.5) is 0 Å². The van der Waals surface area contributed by atoms with Gasteiger partial charge in [-0.05, 0) is 62.3 Å². The second-order valence-corrected chi connectivity index (χ2v) is 7.79. The second-order valence-electron chi connectivity index (χ2n) is 7.79. The number of aryl methyl sites for hydroxylation is 1. The summed E-state index contributed by atoms with van der Waals surface area (Å²) in [5.41, 5.74) is 2.44. The van der Waals surface area contributed by atoms with Crippen molar-refractivity contribution in [1.82, 2.24) is 10.2 Å². The minimum absolute atomic E-state index is 0.118. The zero-order chi connectivity index (χ0) is 17.8. The molecule has 5 nitrogen and oxygen atoms in total. The first-order valence-electron chi connectivity index (χ1n) is 10.1. The molecule has 1 N–H and O–H groups in total. The van der Waals surface area contributed by atoms with Gasteiger partial charge in [-0.25, -0.2) is 0 Å². The van der Waals surface area contributed by atoms with Crippen LogP contribution in [0.2, 0.25) is 0 Å². The fraction of sp³-hybridized carbons (Fsp3) is 0.667. The van der Waals surface area contributed by atoms with Crippen LogP contribution in [0.5, 0.6) is 5.75 Å². The number of hydrogen-bond donors (Lipinski definition) is 1. The highest BCUT2D eigenvalue weighted by molar-refractivity contribution is 5.79. The molecule has 1 atom stereocenters. The van der Waals surface area contributed by atoms with Crippen LogP contribution in [-0.4, -0.2) is 49.8 Å². The molecule has 0 unspecified atom stereocenters. The molecule has 0 aromatic heterocycles. The van der Waals surface area contributed by atoms with Crippen molar-refractivity contribution >= 4 is 5.91 Å². The molecule has 1 amide bonds. The molecule has 0 aliphatic carbocycles. The van der Waals surface area contributed by atoms with Crippen molar-refractivity contribution < 1.29 is 14.3 Å². The number of ether oxygens (including phenoxy) is 2. The molecular weight excluding hydrogens is 328 g/mol. The first kappa shape index (κ1) is 17.8. The molecule has 3 aliphatic rings. The Hall–Kier alpha value is -1.59. The van der Waals surface area contributed by atoms with Gasteiger partial charge in [-0.2, -0.15) is 0 Å². The van der Waals surface area contributed by atoms with E-state index in [1.807, 2.05) is 6.07 Å². The third kappa shape index (κ3) is 4.21. The Bertz CT molecular complexity index is 628. The van der Waals surface area contributed by atoms with Crippen LogP contribution < -0.4 is 10.1 Å². The molecule has 2 saturated heterocycles. The molecular formula is C21H30N2O3. The number of carbonyl (C=O) groups is 1. The minimum Gasteiger partial charge on any atom is -0.493 e. The fourth-order valence-electron chi connectivity index (χ4n) is 4.46. The molecule has 0 spiro atoms. The standard InChI is InChI=1S/C21H30N2O3/c24-21(18-3-1-9-23(15-18)19-7-11-25-12-8-19)22-14-16-5-6-20-17(13-16)4-2-10-26-20/h5-6,13,18-19H,1-4,7-12,14-15H2,(H,22,24)/t18-/m0/s1. The summed E-state index contributed by atoms with van der Waals surface area (Å²) in [6, 6.07) is 6.90. The predicted molar refractivity (Wildman–Crippen MR) is 100 cm³/mol. The van der Waals surface area contributed by atoms with Gasteiger partial charge in [0.05, 0.1) is 12.5 Å². The van der Waals surface area contributed by atoms with E-state index in [0.29, 0.717) is 12.6 Å². The van der Waals surface area contributed by atoms with E-state index in [0.717, 1.165) is 77.2 Å². The molecule has 5 heteroatoms. The number of benzene rings is 1. The van der Waals surface area contributed by atoms with Crippen molar-refractivity contribution in [3.8, 4) is 5.75 Å². The van der Waals surface area contributed by atoms with Gasteiger partial charge in [-0.3, -0.25) is 9.69 Å². The van der Waals surface area contributed by atoms with Crippen LogP contribution in [0.15, 0.2) is 18.2 Å². The van der Waals surface area contributed by atoms with Crippen LogP contribution in [0.25, 0.3) is 0 Å². The summed E-state index contributed by atoms with van der Waals surface area (Å²) in [6.07, 6.45) is 6.47. The zero-order valence-electron chi connectivity index (χ0n) is 15.5.